The molecular formula is C16H24O4. The van der Waals surface area contributed by atoms with Crippen LogP contribution in [0, 0.1) is 0 Å². The zero-order valence-electron chi connectivity index (χ0n) is 12.2. The van der Waals surface area contributed by atoms with E-state index in [1.165, 1.54) is 0 Å². The molecule has 3 unspecified atom stereocenters. The summed E-state index contributed by atoms with van der Waals surface area (Å²) in [6.07, 6.45) is 3.61. The smallest absolute Gasteiger partial charge is 0.129 e. The highest BCUT2D eigenvalue weighted by Gasteiger charge is 2.24. The summed E-state index contributed by atoms with van der Waals surface area (Å²) in [5.41, 5.74) is 0.724. The van der Waals surface area contributed by atoms with Crippen LogP contribution in [0.25, 0.3) is 0 Å². The second-order valence-corrected chi connectivity index (χ2v) is 5.44. The van der Waals surface area contributed by atoms with Crippen LogP contribution in [0.5, 0.6) is 11.5 Å². The zero-order chi connectivity index (χ0) is 14.5. The molecule has 0 bridgehead atoms. The molecule has 20 heavy (non-hydrogen) atoms. The van der Waals surface area contributed by atoms with E-state index in [4.69, 9.17) is 9.47 Å². The van der Waals surface area contributed by atoms with Gasteiger partial charge in [0.05, 0.1) is 19.3 Å². The molecule has 0 heterocycles. The summed E-state index contributed by atoms with van der Waals surface area (Å²) < 4.78 is 11.2. The van der Waals surface area contributed by atoms with Crippen molar-refractivity contribution in [3.63, 3.8) is 0 Å². The minimum atomic E-state index is -0.612. The SMILES string of the molecule is COc1ccc(C(C)O)c(OC2CCCCCC2O)c1. The van der Waals surface area contributed by atoms with Gasteiger partial charge in [-0.3, -0.25) is 0 Å². The van der Waals surface area contributed by atoms with Gasteiger partial charge in [0.15, 0.2) is 0 Å². The summed E-state index contributed by atoms with van der Waals surface area (Å²) in [6, 6.07) is 5.39. The Morgan fingerprint density at radius 1 is 1.20 bits per heavy atom. The number of aliphatic hydroxyl groups is 2. The summed E-state index contributed by atoms with van der Waals surface area (Å²) >= 11 is 0. The summed E-state index contributed by atoms with van der Waals surface area (Å²) in [7, 11) is 1.60. The normalized spacial score (nSPS) is 24.8. The molecule has 1 aliphatic carbocycles. The maximum absolute atomic E-state index is 10.1. The van der Waals surface area contributed by atoms with Gasteiger partial charge in [-0.05, 0) is 38.3 Å². The van der Waals surface area contributed by atoms with Crippen molar-refractivity contribution in [2.45, 2.75) is 57.3 Å². The molecule has 4 heteroatoms. The third kappa shape index (κ3) is 3.64. The molecule has 1 aliphatic rings. The monoisotopic (exact) mass is 280 g/mol. The van der Waals surface area contributed by atoms with Crippen molar-refractivity contribution in [1.29, 1.82) is 0 Å². The van der Waals surface area contributed by atoms with Crippen molar-refractivity contribution in [3.05, 3.63) is 23.8 Å². The van der Waals surface area contributed by atoms with E-state index < -0.39 is 12.2 Å². The molecule has 2 N–H and O–H groups in total. The first-order valence-electron chi connectivity index (χ1n) is 7.32. The molecule has 0 radical (unpaired) electrons. The fraction of sp³-hybridized carbons (Fsp3) is 0.625. The first kappa shape index (κ1) is 15.1. The molecule has 0 saturated heterocycles. The van der Waals surface area contributed by atoms with Gasteiger partial charge >= 0.3 is 0 Å². The van der Waals surface area contributed by atoms with Crippen molar-refractivity contribution in [3.8, 4) is 11.5 Å². The van der Waals surface area contributed by atoms with Crippen molar-refractivity contribution in [2.24, 2.45) is 0 Å². The fourth-order valence-corrected chi connectivity index (χ4v) is 2.64. The lowest BCUT2D eigenvalue weighted by Crippen LogP contribution is -2.30. The second kappa shape index (κ2) is 6.95. The number of benzene rings is 1. The Kier molecular flexibility index (Phi) is 5.26. The predicted molar refractivity (Wildman–Crippen MR) is 77.1 cm³/mol. The van der Waals surface area contributed by atoms with Gasteiger partial charge in [-0.25, -0.2) is 0 Å². The Bertz CT molecular complexity index is 430. The zero-order valence-corrected chi connectivity index (χ0v) is 12.2. The van der Waals surface area contributed by atoms with Crippen molar-refractivity contribution < 1.29 is 19.7 Å². The average molecular weight is 280 g/mol. The van der Waals surface area contributed by atoms with Gasteiger partial charge in [-0.15, -0.1) is 0 Å². The second-order valence-electron chi connectivity index (χ2n) is 5.44. The molecular weight excluding hydrogens is 256 g/mol. The molecule has 0 amide bonds. The maximum Gasteiger partial charge on any atom is 0.129 e. The Labute approximate surface area is 120 Å². The molecule has 0 aromatic heterocycles. The van der Waals surface area contributed by atoms with E-state index in [1.54, 1.807) is 26.2 Å². The van der Waals surface area contributed by atoms with Crippen LogP contribution in [-0.4, -0.2) is 29.5 Å². The lowest BCUT2D eigenvalue weighted by molar-refractivity contribution is 0.0298. The Morgan fingerprint density at radius 2 is 1.95 bits per heavy atom. The van der Waals surface area contributed by atoms with E-state index in [0.29, 0.717) is 11.5 Å². The van der Waals surface area contributed by atoms with Crippen LogP contribution in [0.15, 0.2) is 18.2 Å². The molecule has 3 atom stereocenters. The molecule has 1 saturated carbocycles. The third-order valence-corrected chi connectivity index (χ3v) is 3.87. The summed E-state index contributed by atoms with van der Waals surface area (Å²) in [6.45, 7) is 1.71. The fourth-order valence-electron chi connectivity index (χ4n) is 2.64. The maximum atomic E-state index is 10.1. The quantitative estimate of drug-likeness (QED) is 0.833. The van der Waals surface area contributed by atoms with Gasteiger partial charge in [0.2, 0.25) is 0 Å². The molecule has 0 aliphatic heterocycles. The summed E-state index contributed by atoms with van der Waals surface area (Å²) in [5.74, 6) is 1.29. The van der Waals surface area contributed by atoms with Crippen LogP contribution in [0.4, 0.5) is 0 Å². The molecule has 1 aromatic carbocycles. The predicted octanol–water partition coefficient (Wildman–Crippen LogP) is 2.82. The number of ether oxygens (including phenoxy) is 2. The largest absolute Gasteiger partial charge is 0.497 e. The average Bonchev–Trinajstić information content (AvgIpc) is 2.64. The molecule has 0 spiro atoms. The van der Waals surface area contributed by atoms with E-state index in [-0.39, 0.29) is 6.10 Å². The van der Waals surface area contributed by atoms with E-state index in [2.05, 4.69) is 0 Å². The van der Waals surface area contributed by atoms with Gasteiger partial charge in [0, 0.05) is 11.6 Å². The summed E-state index contributed by atoms with van der Waals surface area (Å²) in [5, 5.41) is 20.0. The highest BCUT2D eigenvalue weighted by atomic mass is 16.5. The van der Waals surface area contributed by atoms with Gasteiger partial charge in [-0.2, -0.15) is 0 Å². The summed E-state index contributed by atoms with van der Waals surface area (Å²) in [4.78, 5) is 0. The van der Waals surface area contributed by atoms with Gasteiger partial charge < -0.3 is 19.7 Å². The Hall–Kier alpha value is -1.26. The molecule has 1 aromatic rings. The molecule has 2 rings (SSSR count). The number of hydrogen-bond acceptors (Lipinski definition) is 4. The lowest BCUT2D eigenvalue weighted by Gasteiger charge is -2.24. The highest BCUT2D eigenvalue weighted by molar-refractivity contribution is 5.42. The number of hydrogen-bond donors (Lipinski definition) is 2. The van der Waals surface area contributed by atoms with Crippen molar-refractivity contribution in [1.82, 2.24) is 0 Å². The molecule has 4 nitrogen and oxygen atoms in total. The van der Waals surface area contributed by atoms with E-state index >= 15 is 0 Å². The minimum absolute atomic E-state index is 0.206. The Morgan fingerprint density at radius 3 is 2.65 bits per heavy atom. The first-order chi connectivity index (χ1) is 9.61. The van der Waals surface area contributed by atoms with Gasteiger partial charge in [-0.1, -0.05) is 12.8 Å². The van der Waals surface area contributed by atoms with Crippen LogP contribution < -0.4 is 9.47 Å². The standard InChI is InChI=1S/C16H24O4/c1-11(17)13-9-8-12(19-2)10-16(13)20-15-7-5-3-4-6-14(15)18/h8-11,14-15,17-18H,3-7H2,1-2H3. The third-order valence-electron chi connectivity index (χ3n) is 3.87. The van der Waals surface area contributed by atoms with Gasteiger partial charge in [0.1, 0.15) is 17.6 Å². The van der Waals surface area contributed by atoms with Crippen LogP contribution in [0.3, 0.4) is 0 Å². The van der Waals surface area contributed by atoms with E-state index in [0.717, 1.165) is 37.7 Å². The number of rotatable bonds is 4. The van der Waals surface area contributed by atoms with E-state index in [1.807, 2.05) is 6.07 Å². The molecule has 1 fully saturated rings. The minimum Gasteiger partial charge on any atom is -0.497 e. The molecule has 112 valence electrons. The van der Waals surface area contributed by atoms with Crippen LogP contribution in [0.2, 0.25) is 0 Å². The first-order valence-corrected chi connectivity index (χ1v) is 7.32. The Balaban J connectivity index is 2.21. The lowest BCUT2D eigenvalue weighted by atomic mass is 10.1. The van der Waals surface area contributed by atoms with E-state index in [9.17, 15) is 10.2 Å². The topological polar surface area (TPSA) is 58.9 Å². The van der Waals surface area contributed by atoms with Crippen molar-refractivity contribution >= 4 is 0 Å². The van der Waals surface area contributed by atoms with Crippen LogP contribution in [-0.2, 0) is 0 Å². The van der Waals surface area contributed by atoms with Gasteiger partial charge in [0.25, 0.3) is 0 Å². The number of aliphatic hydroxyl groups excluding tert-OH is 2. The van der Waals surface area contributed by atoms with Crippen LogP contribution >= 0.6 is 0 Å². The van der Waals surface area contributed by atoms with Crippen molar-refractivity contribution in [2.75, 3.05) is 7.11 Å². The van der Waals surface area contributed by atoms with Crippen LogP contribution in [0.1, 0.15) is 50.7 Å². The number of methoxy groups -OCH3 is 1. The highest BCUT2D eigenvalue weighted by Crippen LogP contribution is 2.32.